The Balaban J connectivity index is 2.30. The van der Waals surface area contributed by atoms with E-state index in [9.17, 15) is 22.8 Å². The molecule has 10 heteroatoms. The summed E-state index contributed by atoms with van der Waals surface area (Å²) in [5, 5.41) is 4.93. The zero-order valence-electron chi connectivity index (χ0n) is 11.1. The number of carbonyl (C=O) groups is 2. The van der Waals surface area contributed by atoms with Crippen molar-refractivity contribution in [1.29, 1.82) is 0 Å². The second kappa shape index (κ2) is 6.18. The van der Waals surface area contributed by atoms with Crippen molar-refractivity contribution in [2.75, 3.05) is 6.61 Å². The summed E-state index contributed by atoms with van der Waals surface area (Å²) in [6.45, 7) is 1.31. The number of carbonyl (C=O) groups excluding carboxylic acids is 2. The molecule has 2 rings (SSSR count). The number of hydrogen-bond donors (Lipinski definition) is 0. The van der Waals surface area contributed by atoms with Gasteiger partial charge in [0.25, 0.3) is 0 Å². The zero-order chi connectivity index (χ0) is 16.3. The van der Waals surface area contributed by atoms with Gasteiger partial charge < -0.3 is 9.47 Å². The van der Waals surface area contributed by atoms with Crippen molar-refractivity contribution in [1.82, 2.24) is 9.78 Å². The molecule has 118 valence electrons. The van der Waals surface area contributed by atoms with Crippen molar-refractivity contribution in [3.05, 3.63) is 34.2 Å². The van der Waals surface area contributed by atoms with Crippen molar-refractivity contribution in [2.24, 2.45) is 0 Å². The summed E-state index contributed by atoms with van der Waals surface area (Å²) in [6, 6.07) is 3.49. The van der Waals surface area contributed by atoms with Gasteiger partial charge in [-0.1, -0.05) is 6.07 Å². The average molecular weight is 334 g/mol. The number of nitrogens with zero attached hydrogens (tertiary/aromatic N) is 2. The molecule has 0 fully saturated rings. The van der Waals surface area contributed by atoms with E-state index < -0.39 is 29.8 Å². The number of aromatic nitrogens is 2. The lowest BCUT2D eigenvalue weighted by Gasteiger charge is -2.07. The van der Waals surface area contributed by atoms with Gasteiger partial charge >= 0.3 is 18.2 Å². The van der Waals surface area contributed by atoms with E-state index in [1.54, 1.807) is 11.4 Å². The van der Waals surface area contributed by atoms with Gasteiger partial charge in [-0.2, -0.15) is 17.9 Å². The second-order valence-corrected chi connectivity index (χ2v) is 4.79. The molecule has 0 saturated heterocycles. The van der Waals surface area contributed by atoms with E-state index in [0.717, 1.165) is 11.3 Å². The molecule has 6 nitrogen and oxygen atoms in total. The maximum absolute atomic E-state index is 12.9. The molecule has 2 aromatic heterocycles. The number of esters is 1. The fraction of sp³-hybridized carbons (Fsp3) is 0.250. The van der Waals surface area contributed by atoms with Gasteiger partial charge in [-0.3, -0.25) is 0 Å². The quantitative estimate of drug-likeness (QED) is 0.806. The van der Waals surface area contributed by atoms with Gasteiger partial charge in [0.1, 0.15) is 4.88 Å². The van der Waals surface area contributed by atoms with Crippen LogP contribution < -0.4 is 4.74 Å². The Bertz CT molecular complexity index is 679. The van der Waals surface area contributed by atoms with E-state index in [0.29, 0.717) is 6.07 Å². The summed E-state index contributed by atoms with van der Waals surface area (Å²) in [4.78, 5) is 23.4. The van der Waals surface area contributed by atoms with Crippen molar-refractivity contribution in [3.8, 4) is 5.88 Å². The molecule has 0 aliphatic carbocycles. The number of halogens is 3. The predicted molar refractivity (Wildman–Crippen MR) is 68.9 cm³/mol. The molecule has 0 aliphatic rings. The standard InChI is InChI=1S/C12H9F3N2O4S/c1-2-20-11(19)17-8(12(13,14)15)6-9(16-17)21-10(18)7-4-3-5-22-7/h3-6H,2H2,1H3. The number of ether oxygens (including phenoxy) is 2. The monoisotopic (exact) mass is 334 g/mol. The number of hydrogen-bond acceptors (Lipinski definition) is 6. The summed E-state index contributed by atoms with van der Waals surface area (Å²) in [6.07, 6.45) is -6.17. The third-order valence-corrected chi connectivity index (χ3v) is 3.19. The molecule has 0 spiro atoms. The molecule has 0 aliphatic heterocycles. The van der Waals surface area contributed by atoms with Crippen LogP contribution in [0.1, 0.15) is 22.3 Å². The Labute approximate surface area is 126 Å². The normalized spacial score (nSPS) is 11.3. The minimum Gasteiger partial charge on any atom is -0.448 e. The SMILES string of the molecule is CCOC(=O)n1nc(OC(=O)c2cccs2)cc1C(F)(F)F. The summed E-state index contributed by atoms with van der Waals surface area (Å²) < 4.78 is 47.8. The molecule has 0 N–H and O–H groups in total. The minimum atomic E-state index is -4.85. The van der Waals surface area contributed by atoms with Crippen molar-refractivity contribution in [2.45, 2.75) is 13.1 Å². The van der Waals surface area contributed by atoms with Crippen molar-refractivity contribution >= 4 is 23.4 Å². The minimum absolute atomic E-state index is 0.0144. The van der Waals surface area contributed by atoms with Gasteiger partial charge in [0.15, 0.2) is 5.69 Å². The zero-order valence-corrected chi connectivity index (χ0v) is 11.9. The van der Waals surface area contributed by atoms with Crippen LogP contribution in [0.25, 0.3) is 0 Å². The van der Waals surface area contributed by atoms with E-state index >= 15 is 0 Å². The van der Waals surface area contributed by atoms with Gasteiger partial charge in [0.2, 0.25) is 5.88 Å². The number of alkyl halides is 3. The molecule has 2 aromatic rings. The number of rotatable bonds is 3. The van der Waals surface area contributed by atoms with Gasteiger partial charge in [-0.25, -0.2) is 9.59 Å². The smallest absolute Gasteiger partial charge is 0.435 e. The van der Waals surface area contributed by atoms with E-state index in [-0.39, 0.29) is 16.2 Å². The Kier molecular flexibility index (Phi) is 4.50. The molecule has 0 amide bonds. The van der Waals surface area contributed by atoms with Gasteiger partial charge in [0, 0.05) is 6.07 Å². The van der Waals surface area contributed by atoms with E-state index in [4.69, 9.17) is 4.74 Å². The molecule has 0 atom stereocenters. The van der Waals surface area contributed by atoms with Gasteiger partial charge in [-0.15, -0.1) is 16.4 Å². The second-order valence-electron chi connectivity index (χ2n) is 3.84. The Morgan fingerprint density at radius 1 is 1.41 bits per heavy atom. The molecule has 0 saturated carbocycles. The molecular weight excluding hydrogens is 325 g/mol. The highest BCUT2D eigenvalue weighted by atomic mass is 32.1. The average Bonchev–Trinajstić information content (AvgIpc) is 3.07. The lowest BCUT2D eigenvalue weighted by molar-refractivity contribution is -0.143. The molecule has 0 bridgehead atoms. The van der Waals surface area contributed by atoms with Crippen LogP contribution in [0.15, 0.2) is 23.6 Å². The van der Waals surface area contributed by atoms with Crippen LogP contribution in [0.3, 0.4) is 0 Å². The van der Waals surface area contributed by atoms with Crippen LogP contribution in [0.4, 0.5) is 18.0 Å². The maximum atomic E-state index is 12.9. The lowest BCUT2D eigenvalue weighted by Crippen LogP contribution is -2.22. The Hall–Kier alpha value is -2.36. The molecule has 0 aromatic carbocycles. The first-order valence-corrected chi connectivity index (χ1v) is 6.81. The first-order valence-electron chi connectivity index (χ1n) is 5.93. The summed E-state index contributed by atoms with van der Waals surface area (Å²) in [5.74, 6) is -1.50. The van der Waals surface area contributed by atoms with Crippen LogP contribution in [0.5, 0.6) is 5.88 Å². The van der Waals surface area contributed by atoms with E-state index in [1.165, 1.54) is 13.0 Å². The highest BCUT2D eigenvalue weighted by Gasteiger charge is 2.38. The fourth-order valence-corrected chi connectivity index (χ4v) is 2.07. The van der Waals surface area contributed by atoms with Crippen molar-refractivity contribution in [3.63, 3.8) is 0 Å². The third-order valence-electron chi connectivity index (χ3n) is 2.34. The summed E-state index contributed by atoms with van der Waals surface area (Å²) in [5.41, 5.74) is -1.39. The maximum Gasteiger partial charge on any atom is 0.435 e. The van der Waals surface area contributed by atoms with Crippen LogP contribution in [-0.4, -0.2) is 28.4 Å². The lowest BCUT2D eigenvalue weighted by atomic mass is 10.4. The predicted octanol–water partition coefficient (Wildman–Crippen LogP) is 3.19. The first-order chi connectivity index (χ1) is 10.3. The summed E-state index contributed by atoms with van der Waals surface area (Å²) >= 11 is 1.06. The molecule has 0 unspecified atom stereocenters. The number of thiophene rings is 1. The van der Waals surface area contributed by atoms with Gasteiger partial charge in [0.05, 0.1) is 6.61 Å². The first kappa shape index (κ1) is 16.0. The van der Waals surface area contributed by atoms with E-state index in [2.05, 4.69) is 9.84 Å². The van der Waals surface area contributed by atoms with Crippen LogP contribution in [0.2, 0.25) is 0 Å². The largest absolute Gasteiger partial charge is 0.448 e. The molecule has 0 radical (unpaired) electrons. The van der Waals surface area contributed by atoms with Crippen LogP contribution in [0, 0.1) is 0 Å². The molecular formula is C12H9F3N2O4S. The Morgan fingerprint density at radius 2 is 2.14 bits per heavy atom. The third kappa shape index (κ3) is 3.45. The fourth-order valence-electron chi connectivity index (χ4n) is 1.47. The van der Waals surface area contributed by atoms with Gasteiger partial charge in [-0.05, 0) is 18.4 Å². The molecule has 22 heavy (non-hydrogen) atoms. The summed E-state index contributed by atoms with van der Waals surface area (Å²) in [7, 11) is 0. The van der Waals surface area contributed by atoms with E-state index in [1.807, 2.05) is 0 Å². The Morgan fingerprint density at radius 3 is 2.68 bits per heavy atom. The topological polar surface area (TPSA) is 70.4 Å². The van der Waals surface area contributed by atoms with Crippen LogP contribution in [-0.2, 0) is 10.9 Å². The van der Waals surface area contributed by atoms with Crippen LogP contribution >= 0.6 is 11.3 Å². The highest BCUT2D eigenvalue weighted by molar-refractivity contribution is 7.12. The van der Waals surface area contributed by atoms with Crippen molar-refractivity contribution < 1.29 is 32.2 Å². The molecule has 2 heterocycles. The highest BCUT2D eigenvalue weighted by Crippen LogP contribution is 2.32.